The number of rotatable bonds is 6. The Morgan fingerprint density at radius 1 is 1.06 bits per heavy atom. The molecular formula is C25H18ClN3O5S. The van der Waals surface area contributed by atoms with Gasteiger partial charge in [-0.3, -0.25) is 9.59 Å². The van der Waals surface area contributed by atoms with Crippen molar-refractivity contribution in [1.82, 2.24) is 14.1 Å². The number of H-pyrrole nitrogens is 1. The summed E-state index contributed by atoms with van der Waals surface area (Å²) in [6.45, 7) is 1.64. The maximum absolute atomic E-state index is 13.3. The van der Waals surface area contributed by atoms with Gasteiger partial charge in [-0.15, -0.1) is 11.3 Å². The number of carbonyl (C=O) groups excluding carboxylic acids is 1. The summed E-state index contributed by atoms with van der Waals surface area (Å²) in [5.41, 5.74) is 0.829. The zero-order valence-corrected chi connectivity index (χ0v) is 19.9. The Balaban J connectivity index is 1.82. The van der Waals surface area contributed by atoms with Crippen LogP contribution < -0.4 is 11.2 Å². The van der Waals surface area contributed by atoms with E-state index in [4.69, 9.17) is 11.6 Å². The number of fused-ring (bicyclic) bond motifs is 2. The average Bonchev–Trinajstić information content (AvgIpc) is 3.37. The van der Waals surface area contributed by atoms with Gasteiger partial charge in [0.1, 0.15) is 5.78 Å². The van der Waals surface area contributed by atoms with E-state index >= 15 is 0 Å². The van der Waals surface area contributed by atoms with E-state index < -0.39 is 17.2 Å². The van der Waals surface area contributed by atoms with Crippen molar-refractivity contribution in [2.24, 2.45) is 0 Å². The number of halogens is 1. The monoisotopic (exact) mass is 507 g/mol. The van der Waals surface area contributed by atoms with E-state index in [1.807, 2.05) is 18.2 Å². The number of hydrogen-bond acceptors (Lipinski definition) is 5. The molecule has 176 valence electrons. The number of nitrogens with one attached hydrogen (secondary N) is 1. The van der Waals surface area contributed by atoms with E-state index in [2.05, 4.69) is 4.98 Å². The van der Waals surface area contributed by atoms with Crippen LogP contribution in [0.15, 0.2) is 62.8 Å². The van der Waals surface area contributed by atoms with Crippen LogP contribution in [0.2, 0.25) is 5.02 Å². The van der Waals surface area contributed by atoms with Gasteiger partial charge < -0.3 is 14.7 Å². The summed E-state index contributed by atoms with van der Waals surface area (Å²) < 4.78 is 2.40. The normalized spacial score (nSPS) is 11.4. The van der Waals surface area contributed by atoms with Crippen molar-refractivity contribution in [2.75, 3.05) is 0 Å². The van der Waals surface area contributed by atoms with Gasteiger partial charge in [0.15, 0.2) is 5.69 Å². The van der Waals surface area contributed by atoms with Crippen molar-refractivity contribution in [2.45, 2.75) is 19.9 Å². The molecule has 0 saturated carbocycles. The second-order valence-corrected chi connectivity index (χ2v) is 9.40. The van der Waals surface area contributed by atoms with E-state index in [0.29, 0.717) is 21.4 Å². The molecule has 0 bridgehead atoms. The molecule has 5 aromatic rings. The van der Waals surface area contributed by atoms with Crippen LogP contribution in [0.25, 0.3) is 27.5 Å². The number of aromatic carboxylic acids is 1. The highest BCUT2D eigenvalue weighted by Gasteiger charge is 2.27. The van der Waals surface area contributed by atoms with Crippen LogP contribution in [-0.4, -0.2) is 31.0 Å². The summed E-state index contributed by atoms with van der Waals surface area (Å²) in [5.74, 6) is -1.29. The van der Waals surface area contributed by atoms with Gasteiger partial charge in [0.05, 0.1) is 22.1 Å². The number of carboxylic acids is 1. The SMILES string of the molecule is CC(=O)Cc1cccc(Cn2c(C(=O)O)c(-n3c(=O)[nH]c4cscc4c3=O)c3cc(Cl)ccc32)c1. The molecule has 0 aliphatic heterocycles. The number of carboxylic acid groups (broad SMARTS) is 1. The van der Waals surface area contributed by atoms with Gasteiger partial charge >= 0.3 is 11.7 Å². The Kier molecular flexibility index (Phi) is 5.66. The van der Waals surface area contributed by atoms with Crippen LogP contribution in [-0.2, 0) is 17.8 Å². The van der Waals surface area contributed by atoms with E-state index in [1.54, 1.807) is 39.6 Å². The lowest BCUT2D eigenvalue weighted by Crippen LogP contribution is -2.34. The Bertz CT molecular complexity index is 1780. The summed E-state index contributed by atoms with van der Waals surface area (Å²) in [6, 6.07) is 12.1. The second kappa shape index (κ2) is 8.68. The zero-order chi connectivity index (χ0) is 24.9. The minimum absolute atomic E-state index is 0.0131. The molecule has 3 heterocycles. The number of Topliss-reactive ketones (excluding diaryl/α,β-unsaturated/α-hetero) is 1. The Labute approximate surface area is 206 Å². The predicted molar refractivity (Wildman–Crippen MR) is 135 cm³/mol. The molecule has 0 aliphatic rings. The smallest absolute Gasteiger partial charge is 0.354 e. The minimum Gasteiger partial charge on any atom is -0.477 e. The zero-order valence-electron chi connectivity index (χ0n) is 18.4. The van der Waals surface area contributed by atoms with Gasteiger partial charge in [-0.05, 0) is 36.2 Å². The van der Waals surface area contributed by atoms with Gasteiger partial charge in [0.2, 0.25) is 0 Å². The summed E-state index contributed by atoms with van der Waals surface area (Å²) in [6.07, 6.45) is 0.262. The van der Waals surface area contributed by atoms with Crippen LogP contribution in [0.1, 0.15) is 28.5 Å². The lowest BCUT2D eigenvalue weighted by molar-refractivity contribution is -0.116. The molecule has 0 aliphatic carbocycles. The number of aromatic nitrogens is 3. The third kappa shape index (κ3) is 3.98. The van der Waals surface area contributed by atoms with Crippen molar-refractivity contribution >= 4 is 56.5 Å². The molecule has 10 heteroatoms. The summed E-state index contributed by atoms with van der Waals surface area (Å²) in [7, 11) is 0. The fraction of sp³-hybridized carbons (Fsp3) is 0.120. The standard InChI is InChI=1S/C25H18ClN3O5S/c1-13(30)7-14-3-2-4-15(8-14)10-28-20-6-5-16(26)9-17(20)21(22(28)24(32)33)29-23(31)18-11-35-12-19(18)27-25(29)34/h2-6,8-9,11-12H,7,10H2,1H3,(H,27,34)(H,32,33). The van der Waals surface area contributed by atoms with Gasteiger partial charge in [-0.25, -0.2) is 14.2 Å². The van der Waals surface area contributed by atoms with Crippen LogP contribution in [0.5, 0.6) is 0 Å². The third-order valence-electron chi connectivity index (χ3n) is 5.75. The van der Waals surface area contributed by atoms with Crippen molar-refractivity contribution in [3.8, 4) is 5.69 Å². The first-order chi connectivity index (χ1) is 16.7. The van der Waals surface area contributed by atoms with Gasteiger partial charge in [0.25, 0.3) is 5.56 Å². The molecule has 2 aromatic carbocycles. The van der Waals surface area contributed by atoms with E-state index in [9.17, 15) is 24.3 Å². The number of nitrogens with zero attached hydrogens (tertiary/aromatic N) is 2. The third-order valence-corrected chi connectivity index (χ3v) is 6.73. The summed E-state index contributed by atoms with van der Waals surface area (Å²) >= 11 is 7.50. The highest BCUT2D eigenvalue weighted by atomic mass is 35.5. The first-order valence-electron chi connectivity index (χ1n) is 10.6. The van der Waals surface area contributed by atoms with Crippen molar-refractivity contribution in [1.29, 1.82) is 0 Å². The second-order valence-electron chi connectivity index (χ2n) is 8.22. The number of benzene rings is 2. The Morgan fingerprint density at radius 3 is 2.57 bits per heavy atom. The number of carbonyl (C=O) groups is 2. The molecule has 0 amide bonds. The summed E-state index contributed by atoms with van der Waals surface area (Å²) in [5, 5.41) is 14.5. The van der Waals surface area contributed by atoms with Gasteiger partial charge in [-0.1, -0.05) is 35.9 Å². The number of ketones is 1. The number of hydrogen-bond donors (Lipinski definition) is 2. The molecule has 3 aromatic heterocycles. The topological polar surface area (TPSA) is 114 Å². The maximum Gasteiger partial charge on any atom is 0.354 e. The Morgan fingerprint density at radius 2 is 1.83 bits per heavy atom. The van der Waals surface area contributed by atoms with E-state index in [1.165, 1.54) is 18.3 Å². The Hall–Kier alpha value is -3.95. The highest BCUT2D eigenvalue weighted by molar-refractivity contribution is 7.09. The molecule has 5 rings (SSSR count). The molecule has 35 heavy (non-hydrogen) atoms. The molecule has 0 unspecified atom stereocenters. The van der Waals surface area contributed by atoms with Crippen LogP contribution >= 0.6 is 22.9 Å². The predicted octanol–water partition coefficient (Wildman–Crippen LogP) is 4.23. The molecule has 0 atom stereocenters. The van der Waals surface area contributed by atoms with Crippen LogP contribution in [0, 0.1) is 0 Å². The first-order valence-corrected chi connectivity index (χ1v) is 11.9. The molecular weight excluding hydrogens is 490 g/mol. The molecule has 0 fully saturated rings. The molecule has 2 N–H and O–H groups in total. The first kappa shape index (κ1) is 22.8. The number of thiophene rings is 1. The van der Waals surface area contributed by atoms with E-state index in [-0.39, 0.29) is 35.5 Å². The van der Waals surface area contributed by atoms with Crippen molar-refractivity contribution in [3.63, 3.8) is 0 Å². The van der Waals surface area contributed by atoms with Crippen molar-refractivity contribution < 1.29 is 14.7 Å². The lowest BCUT2D eigenvalue weighted by Gasteiger charge is -2.11. The molecule has 0 saturated heterocycles. The fourth-order valence-corrected chi connectivity index (χ4v) is 5.30. The van der Waals surface area contributed by atoms with Gasteiger partial charge in [0, 0.05) is 34.1 Å². The van der Waals surface area contributed by atoms with Crippen LogP contribution in [0.3, 0.4) is 0 Å². The van der Waals surface area contributed by atoms with Crippen molar-refractivity contribution in [3.05, 3.63) is 95.9 Å². The summed E-state index contributed by atoms with van der Waals surface area (Å²) in [4.78, 5) is 53.1. The average molecular weight is 508 g/mol. The van der Waals surface area contributed by atoms with Crippen LogP contribution in [0.4, 0.5) is 0 Å². The molecule has 8 nitrogen and oxygen atoms in total. The largest absolute Gasteiger partial charge is 0.477 e. The quantitative estimate of drug-likeness (QED) is 0.357. The minimum atomic E-state index is -1.30. The fourth-order valence-electron chi connectivity index (χ4n) is 4.37. The highest BCUT2D eigenvalue weighted by Crippen LogP contribution is 2.32. The maximum atomic E-state index is 13.3. The molecule has 0 spiro atoms. The number of aromatic amines is 1. The lowest BCUT2D eigenvalue weighted by atomic mass is 10.1. The van der Waals surface area contributed by atoms with E-state index in [0.717, 1.165) is 15.7 Å². The van der Waals surface area contributed by atoms with Gasteiger partial charge in [-0.2, -0.15) is 0 Å². The molecule has 0 radical (unpaired) electrons.